The standard InChI is InChI=1S/C16H16FN5O/c1-10-12(15(17)22(3)20-10)8-18-19-16(23)13-9-21(2)14-7-5-4-6-11(13)14/h4-9H,1-3H3,(H,19,23)/b18-8-. The molecule has 3 rings (SSSR count). The Balaban J connectivity index is 1.83. The van der Waals surface area contributed by atoms with E-state index >= 15 is 0 Å². The van der Waals surface area contributed by atoms with E-state index in [4.69, 9.17) is 0 Å². The quantitative estimate of drug-likeness (QED) is 0.594. The monoisotopic (exact) mass is 313 g/mol. The maximum atomic E-state index is 13.8. The molecule has 1 amide bonds. The van der Waals surface area contributed by atoms with Crippen molar-refractivity contribution in [3.05, 3.63) is 53.2 Å². The van der Waals surface area contributed by atoms with Gasteiger partial charge in [0.2, 0.25) is 5.95 Å². The fourth-order valence-corrected chi connectivity index (χ4v) is 2.53. The van der Waals surface area contributed by atoms with Crippen LogP contribution in [0.25, 0.3) is 10.9 Å². The highest BCUT2D eigenvalue weighted by Gasteiger charge is 2.14. The van der Waals surface area contributed by atoms with E-state index in [2.05, 4.69) is 15.6 Å². The van der Waals surface area contributed by atoms with Crippen molar-refractivity contribution < 1.29 is 9.18 Å². The number of aromatic nitrogens is 3. The number of carbonyl (C=O) groups is 1. The Kier molecular flexibility index (Phi) is 3.69. The molecule has 0 saturated carbocycles. The Bertz CT molecular complexity index is 922. The first-order valence-corrected chi connectivity index (χ1v) is 7.05. The summed E-state index contributed by atoms with van der Waals surface area (Å²) in [5, 5.41) is 8.63. The van der Waals surface area contributed by atoms with Gasteiger partial charge in [-0.3, -0.25) is 4.79 Å². The fraction of sp³-hybridized carbons (Fsp3) is 0.188. The molecular weight excluding hydrogens is 297 g/mol. The summed E-state index contributed by atoms with van der Waals surface area (Å²) >= 11 is 0. The summed E-state index contributed by atoms with van der Waals surface area (Å²) < 4.78 is 16.8. The number of hydrogen-bond acceptors (Lipinski definition) is 3. The topological polar surface area (TPSA) is 64.2 Å². The first-order chi connectivity index (χ1) is 11.0. The molecule has 23 heavy (non-hydrogen) atoms. The fourth-order valence-electron chi connectivity index (χ4n) is 2.53. The molecule has 1 aromatic carbocycles. The number of aryl methyl sites for hydroxylation is 3. The minimum Gasteiger partial charge on any atom is -0.350 e. The van der Waals surface area contributed by atoms with Crippen LogP contribution < -0.4 is 5.43 Å². The Morgan fingerprint density at radius 1 is 1.35 bits per heavy atom. The van der Waals surface area contributed by atoms with Crippen LogP contribution in [0.15, 0.2) is 35.6 Å². The number of amides is 1. The maximum Gasteiger partial charge on any atom is 0.273 e. The van der Waals surface area contributed by atoms with Gasteiger partial charge in [-0.25, -0.2) is 10.1 Å². The number of hydrazone groups is 1. The smallest absolute Gasteiger partial charge is 0.273 e. The minimum absolute atomic E-state index is 0.255. The number of nitrogens with zero attached hydrogens (tertiary/aromatic N) is 4. The lowest BCUT2D eigenvalue weighted by atomic mass is 10.2. The highest BCUT2D eigenvalue weighted by atomic mass is 19.1. The zero-order valence-corrected chi connectivity index (χ0v) is 13.0. The number of hydrogen-bond donors (Lipinski definition) is 1. The highest BCUT2D eigenvalue weighted by molar-refractivity contribution is 6.07. The second-order valence-electron chi connectivity index (χ2n) is 5.28. The molecule has 2 heterocycles. The van der Waals surface area contributed by atoms with Crippen LogP contribution >= 0.6 is 0 Å². The average molecular weight is 313 g/mol. The number of nitrogens with one attached hydrogen (secondary N) is 1. The molecule has 7 heteroatoms. The molecule has 118 valence electrons. The van der Waals surface area contributed by atoms with Crippen LogP contribution in [-0.2, 0) is 14.1 Å². The van der Waals surface area contributed by atoms with Crippen LogP contribution in [0, 0.1) is 12.9 Å². The second kappa shape index (κ2) is 5.68. The zero-order chi connectivity index (χ0) is 16.6. The van der Waals surface area contributed by atoms with E-state index < -0.39 is 5.95 Å². The Morgan fingerprint density at radius 2 is 2.09 bits per heavy atom. The number of fused-ring (bicyclic) bond motifs is 1. The van der Waals surface area contributed by atoms with Gasteiger partial charge in [0.1, 0.15) is 0 Å². The van der Waals surface area contributed by atoms with E-state index in [0.29, 0.717) is 11.3 Å². The van der Waals surface area contributed by atoms with Gasteiger partial charge >= 0.3 is 0 Å². The lowest BCUT2D eigenvalue weighted by Crippen LogP contribution is -2.17. The van der Waals surface area contributed by atoms with Crippen molar-refractivity contribution in [2.45, 2.75) is 6.92 Å². The minimum atomic E-state index is -0.495. The molecule has 0 radical (unpaired) electrons. The van der Waals surface area contributed by atoms with E-state index in [0.717, 1.165) is 15.6 Å². The summed E-state index contributed by atoms with van der Waals surface area (Å²) in [5.41, 5.74) is 4.66. The van der Waals surface area contributed by atoms with Crippen molar-refractivity contribution in [2.75, 3.05) is 0 Å². The van der Waals surface area contributed by atoms with Crippen molar-refractivity contribution in [1.82, 2.24) is 19.8 Å². The third-order valence-corrected chi connectivity index (χ3v) is 3.70. The summed E-state index contributed by atoms with van der Waals surface area (Å²) in [6.07, 6.45) is 3.01. The predicted molar refractivity (Wildman–Crippen MR) is 85.9 cm³/mol. The first kappa shape index (κ1) is 15.0. The molecule has 3 aromatic rings. The summed E-state index contributed by atoms with van der Waals surface area (Å²) in [5.74, 6) is -0.842. The van der Waals surface area contributed by atoms with Gasteiger partial charge in [-0.15, -0.1) is 0 Å². The molecule has 0 aliphatic heterocycles. The Labute approximate surface area is 132 Å². The Morgan fingerprint density at radius 3 is 2.78 bits per heavy atom. The number of carbonyl (C=O) groups excluding carboxylic acids is 1. The van der Waals surface area contributed by atoms with Crippen LogP contribution in [0.3, 0.4) is 0 Å². The van der Waals surface area contributed by atoms with Crippen LogP contribution in [0.1, 0.15) is 21.6 Å². The Hall–Kier alpha value is -2.96. The van der Waals surface area contributed by atoms with Crippen LogP contribution in [0.5, 0.6) is 0 Å². The number of halogens is 1. The molecule has 0 bridgehead atoms. The molecule has 0 unspecified atom stereocenters. The molecule has 0 saturated heterocycles. The van der Waals surface area contributed by atoms with Crippen LogP contribution in [0.4, 0.5) is 4.39 Å². The van der Waals surface area contributed by atoms with Gasteiger partial charge in [-0.2, -0.15) is 14.6 Å². The van der Waals surface area contributed by atoms with Crippen molar-refractivity contribution in [3.8, 4) is 0 Å². The molecule has 0 spiro atoms. The number of benzene rings is 1. The summed E-state index contributed by atoms with van der Waals surface area (Å²) in [7, 11) is 3.38. The summed E-state index contributed by atoms with van der Waals surface area (Å²) in [4.78, 5) is 12.3. The maximum absolute atomic E-state index is 13.8. The molecule has 0 aliphatic carbocycles. The van der Waals surface area contributed by atoms with E-state index in [-0.39, 0.29) is 11.5 Å². The van der Waals surface area contributed by atoms with Crippen LogP contribution in [0.2, 0.25) is 0 Å². The molecule has 0 fully saturated rings. The van der Waals surface area contributed by atoms with Gasteiger partial charge in [0.15, 0.2) is 0 Å². The predicted octanol–water partition coefficient (Wildman–Crippen LogP) is 2.12. The third-order valence-electron chi connectivity index (χ3n) is 3.70. The SMILES string of the molecule is Cc1nn(C)c(F)c1/C=N\NC(=O)c1cn(C)c2ccccc12. The lowest BCUT2D eigenvalue weighted by molar-refractivity contribution is 0.0956. The average Bonchev–Trinajstić information content (AvgIpc) is 2.99. The molecule has 0 aliphatic rings. The molecule has 6 nitrogen and oxygen atoms in total. The van der Waals surface area contributed by atoms with E-state index in [1.807, 2.05) is 35.9 Å². The second-order valence-corrected chi connectivity index (χ2v) is 5.28. The van der Waals surface area contributed by atoms with E-state index in [1.54, 1.807) is 13.1 Å². The molecule has 2 aromatic heterocycles. The number of para-hydroxylation sites is 1. The summed E-state index contributed by atoms with van der Waals surface area (Å²) in [6, 6.07) is 7.59. The van der Waals surface area contributed by atoms with Gasteiger partial charge in [0.05, 0.1) is 23.0 Å². The largest absolute Gasteiger partial charge is 0.350 e. The highest BCUT2D eigenvalue weighted by Crippen LogP contribution is 2.20. The molecular formula is C16H16FN5O. The zero-order valence-electron chi connectivity index (χ0n) is 13.0. The van der Waals surface area contributed by atoms with Gasteiger partial charge < -0.3 is 4.57 Å². The normalized spacial score (nSPS) is 11.5. The van der Waals surface area contributed by atoms with Gasteiger partial charge in [0.25, 0.3) is 5.91 Å². The van der Waals surface area contributed by atoms with E-state index in [9.17, 15) is 9.18 Å². The molecule has 0 atom stereocenters. The first-order valence-electron chi connectivity index (χ1n) is 7.05. The van der Waals surface area contributed by atoms with E-state index in [1.165, 1.54) is 13.3 Å². The molecule has 1 N–H and O–H groups in total. The van der Waals surface area contributed by atoms with Crippen molar-refractivity contribution in [2.24, 2.45) is 19.2 Å². The van der Waals surface area contributed by atoms with Crippen molar-refractivity contribution in [3.63, 3.8) is 0 Å². The lowest BCUT2D eigenvalue weighted by Gasteiger charge is -1.97. The van der Waals surface area contributed by atoms with Crippen LogP contribution in [-0.4, -0.2) is 26.5 Å². The number of rotatable bonds is 3. The van der Waals surface area contributed by atoms with Crippen molar-refractivity contribution >= 4 is 23.0 Å². The van der Waals surface area contributed by atoms with Gasteiger partial charge in [-0.1, -0.05) is 18.2 Å². The van der Waals surface area contributed by atoms with Gasteiger partial charge in [0, 0.05) is 31.2 Å². The van der Waals surface area contributed by atoms with Crippen molar-refractivity contribution in [1.29, 1.82) is 0 Å². The summed E-state index contributed by atoms with van der Waals surface area (Å²) in [6.45, 7) is 1.68. The third kappa shape index (κ3) is 2.61. The van der Waals surface area contributed by atoms with Gasteiger partial charge in [-0.05, 0) is 13.0 Å².